The normalized spacial score (nSPS) is 21.1. The summed E-state index contributed by atoms with van der Waals surface area (Å²) in [6.45, 7) is 13.3. The van der Waals surface area contributed by atoms with Gasteiger partial charge in [-0.25, -0.2) is 0 Å². The molecule has 0 aromatic heterocycles. The van der Waals surface area contributed by atoms with E-state index in [1.165, 1.54) is 19.2 Å². The summed E-state index contributed by atoms with van der Waals surface area (Å²) in [6.07, 6.45) is 8.05. The number of nitro groups is 1. The maximum absolute atomic E-state index is 12.2. The highest BCUT2D eigenvalue weighted by molar-refractivity contribution is 5.77. The van der Waals surface area contributed by atoms with Gasteiger partial charge in [-0.05, 0) is 86.4 Å². The number of anilines is 2. The number of hydrogen-bond donors (Lipinski definition) is 0. The third-order valence-electron chi connectivity index (χ3n) is 12.6. The zero-order valence-corrected chi connectivity index (χ0v) is 33.3. The standard InChI is InChI=1S/C47H44N4O7/c1-44(2)36-12-8-10-14-38(36)49(46(44)22-20-32-24-34(48(5)52)26-40(55-6)42(32)57-46)28-30-16-18-31(19-17-30)29-50-39-15-11-9-13-37(39)45(3,4)47(50)23-21-33-25-35(51(53)54)27-41(56-7)43(33)58-47/h8-27H,5,28-29H2,1-4,6-7H3. The Labute approximate surface area is 337 Å². The van der Waals surface area contributed by atoms with Gasteiger partial charge in [0.05, 0.1) is 42.1 Å². The number of para-hydroxylation sites is 2. The Kier molecular flexibility index (Phi) is 8.19. The molecular weight excluding hydrogens is 733 g/mol. The molecule has 58 heavy (non-hydrogen) atoms. The smallest absolute Gasteiger partial charge is 0.274 e. The zero-order valence-electron chi connectivity index (χ0n) is 33.3. The molecule has 5 aromatic rings. The summed E-state index contributed by atoms with van der Waals surface area (Å²) in [5.41, 5.74) is 5.33. The Morgan fingerprint density at radius 2 is 1.05 bits per heavy atom. The lowest BCUT2D eigenvalue weighted by atomic mass is 9.76. The first-order chi connectivity index (χ1) is 27.7. The van der Waals surface area contributed by atoms with Crippen LogP contribution in [0.5, 0.6) is 23.0 Å². The first kappa shape index (κ1) is 36.9. The van der Waals surface area contributed by atoms with E-state index >= 15 is 0 Å². The van der Waals surface area contributed by atoms with Gasteiger partial charge in [-0.2, -0.15) is 4.74 Å². The van der Waals surface area contributed by atoms with Crippen LogP contribution in [0.15, 0.2) is 109 Å². The molecule has 11 heteroatoms. The topological polar surface area (TPSA) is 113 Å². The minimum Gasteiger partial charge on any atom is -0.619 e. The van der Waals surface area contributed by atoms with Crippen molar-refractivity contribution < 1.29 is 28.6 Å². The molecule has 2 spiro atoms. The van der Waals surface area contributed by atoms with Crippen LogP contribution in [0, 0.1) is 15.3 Å². The van der Waals surface area contributed by atoms with Crippen molar-refractivity contribution in [3.05, 3.63) is 158 Å². The monoisotopic (exact) mass is 776 g/mol. The molecule has 11 nitrogen and oxygen atoms in total. The zero-order chi connectivity index (χ0) is 40.8. The molecular formula is C47H44N4O7. The molecule has 294 valence electrons. The number of fused-ring (bicyclic) bond motifs is 4. The molecule has 0 fully saturated rings. The lowest BCUT2D eigenvalue weighted by molar-refractivity contribution is -0.385. The Balaban J connectivity index is 1.06. The van der Waals surface area contributed by atoms with E-state index in [0.29, 0.717) is 52.1 Å². The maximum atomic E-state index is 12.2. The number of methoxy groups -OCH3 is 2. The van der Waals surface area contributed by atoms with E-state index in [1.807, 2.05) is 30.4 Å². The van der Waals surface area contributed by atoms with Gasteiger partial charge < -0.3 is 34.0 Å². The second-order valence-corrected chi connectivity index (χ2v) is 16.3. The fraction of sp³-hybridized carbons (Fsp3) is 0.255. The van der Waals surface area contributed by atoms with Crippen LogP contribution in [-0.4, -0.2) is 42.0 Å². The third-order valence-corrected chi connectivity index (χ3v) is 12.6. The Morgan fingerprint density at radius 3 is 1.47 bits per heavy atom. The molecule has 0 aliphatic carbocycles. The summed E-state index contributed by atoms with van der Waals surface area (Å²) >= 11 is 0. The highest BCUT2D eigenvalue weighted by Crippen LogP contribution is 2.58. The number of hydrogen-bond acceptors (Lipinski definition) is 9. The van der Waals surface area contributed by atoms with Gasteiger partial charge in [-0.3, -0.25) is 10.1 Å². The Bertz CT molecular complexity index is 2420. The predicted octanol–water partition coefficient (Wildman–Crippen LogP) is 9.65. The maximum Gasteiger partial charge on any atom is 0.274 e. The summed E-state index contributed by atoms with van der Waals surface area (Å²) in [5, 5.41) is 23.9. The van der Waals surface area contributed by atoms with Crippen molar-refractivity contribution in [2.24, 2.45) is 0 Å². The molecule has 0 bridgehead atoms. The number of nitro benzene ring substituents is 1. The van der Waals surface area contributed by atoms with Gasteiger partial charge in [0, 0.05) is 47.7 Å². The van der Waals surface area contributed by atoms with Gasteiger partial charge in [0.1, 0.15) is 6.72 Å². The van der Waals surface area contributed by atoms with Crippen LogP contribution in [0.1, 0.15) is 61.1 Å². The minimum absolute atomic E-state index is 0.0616. The molecule has 4 aliphatic heterocycles. The molecule has 0 amide bonds. The van der Waals surface area contributed by atoms with Gasteiger partial charge in [-0.1, -0.05) is 60.7 Å². The molecule has 2 atom stereocenters. The van der Waals surface area contributed by atoms with E-state index in [9.17, 15) is 15.3 Å². The number of benzene rings is 5. The van der Waals surface area contributed by atoms with Crippen molar-refractivity contribution in [2.45, 2.75) is 63.1 Å². The van der Waals surface area contributed by atoms with Crippen LogP contribution in [0.25, 0.3) is 12.2 Å². The summed E-state index contributed by atoms with van der Waals surface area (Å²) in [4.78, 5) is 15.9. The van der Waals surface area contributed by atoms with E-state index in [2.05, 4.69) is 111 Å². The molecule has 0 saturated heterocycles. The number of ether oxygens (including phenoxy) is 4. The van der Waals surface area contributed by atoms with Crippen LogP contribution in [0.3, 0.4) is 0 Å². The van der Waals surface area contributed by atoms with Crippen molar-refractivity contribution in [2.75, 3.05) is 24.0 Å². The molecule has 0 N–H and O–H groups in total. The van der Waals surface area contributed by atoms with Crippen LogP contribution in [0.4, 0.5) is 22.7 Å². The van der Waals surface area contributed by atoms with Crippen LogP contribution >= 0.6 is 0 Å². The molecule has 4 aliphatic rings. The quantitative estimate of drug-likeness (QED) is 0.0500. The van der Waals surface area contributed by atoms with E-state index in [-0.39, 0.29) is 5.69 Å². The average Bonchev–Trinajstić information content (AvgIpc) is 3.51. The fourth-order valence-corrected chi connectivity index (χ4v) is 9.40. The van der Waals surface area contributed by atoms with Crippen molar-refractivity contribution >= 4 is 41.6 Å². The number of rotatable bonds is 8. The molecule has 2 unspecified atom stereocenters. The minimum atomic E-state index is -0.967. The molecule has 5 aromatic carbocycles. The molecule has 0 radical (unpaired) electrons. The van der Waals surface area contributed by atoms with Gasteiger partial charge in [-0.15, -0.1) is 0 Å². The second-order valence-electron chi connectivity index (χ2n) is 16.3. The number of nitrogens with zero attached hydrogens (tertiary/aromatic N) is 4. The van der Waals surface area contributed by atoms with Crippen molar-refractivity contribution in [1.82, 2.24) is 0 Å². The summed E-state index contributed by atoms with van der Waals surface area (Å²) in [5.74, 6) is 1.80. The molecule has 0 saturated carbocycles. The first-order valence-corrected chi connectivity index (χ1v) is 19.2. The van der Waals surface area contributed by atoms with E-state index in [0.717, 1.165) is 39.2 Å². The summed E-state index contributed by atoms with van der Waals surface area (Å²) in [6, 6.07) is 31.7. The van der Waals surface area contributed by atoms with Crippen LogP contribution < -0.4 is 28.7 Å². The molecule has 9 rings (SSSR count). The SMILES string of the molecule is C=[N+]([O-])c1cc2c(c(OC)c1)OC1(C=C2)N(Cc2ccc(CN3c4ccccc4C(C)(C)C34C=Cc3cc([N+](=O)[O-])cc(OC)c3O4)cc2)c2ccccc2C1(C)C. The average molecular weight is 777 g/mol. The Hall–Kier alpha value is -6.75. The van der Waals surface area contributed by atoms with Gasteiger partial charge in [0.2, 0.25) is 17.1 Å². The third kappa shape index (κ3) is 5.15. The second kappa shape index (κ2) is 12.9. The highest BCUT2D eigenvalue weighted by atomic mass is 16.6. The van der Waals surface area contributed by atoms with E-state index < -0.39 is 27.2 Å². The van der Waals surface area contributed by atoms with Gasteiger partial charge >= 0.3 is 0 Å². The number of non-ortho nitro benzene ring substituents is 1. The highest BCUT2D eigenvalue weighted by Gasteiger charge is 2.60. The lowest BCUT2D eigenvalue weighted by Crippen LogP contribution is -2.59. The van der Waals surface area contributed by atoms with Gasteiger partial charge in [0.15, 0.2) is 23.0 Å². The fourth-order valence-electron chi connectivity index (χ4n) is 9.40. The van der Waals surface area contributed by atoms with E-state index in [1.54, 1.807) is 19.2 Å². The largest absolute Gasteiger partial charge is 0.619 e. The predicted molar refractivity (Wildman–Crippen MR) is 226 cm³/mol. The first-order valence-electron chi connectivity index (χ1n) is 19.2. The van der Waals surface area contributed by atoms with Gasteiger partial charge in [0.25, 0.3) is 5.69 Å². The Morgan fingerprint density at radius 1 is 0.638 bits per heavy atom. The summed E-state index contributed by atoms with van der Waals surface area (Å²) < 4.78 is 26.2. The van der Waals surface area contributed by atoms with E-state index in [4.69, 9.17) is 18.9 Å². The molecule has 4 heterocycles. The van der Waals surface area contributed by atoms with Crippen molar-refractivity contribution in [1.29, 1.82) is 0 Å². The summed E-state index contributed by atoms with van der Waals surface area (Å²) in [7, 11) is 3.07. The van der Waals surface area contributed by atoms with Crippen LogP contribution in [-0.2, 0) is 23.9 Å². The lowest BCUT2D eigenvalue weighted by Gasteiger charge is -2.47. The van der Waals surface area contributed by atoms with Crippen molar-refractivity contribution in [3.63, 3.8) is 0 Å². The van der Waals surface area contributed by atoms with Crippen molar-refractivity contribution in [3.8, 4) is 23.0 Å². The van der Waals surface area contributed by atoms with Crippen LogP contribution in [0.2, 0.25) is 0 Å².